The highest BCUT2D eigenvalue weighted by molar-refractivity contribution is 5.73. The summed E-state index contributed by atoms with van der Waals surface area (Å²) in [6, 6.07) is 10.5. The third-order valence-corrected chi connectivity index (χ3v) is 5.50. The first-order chi connectivity index (χ1) is 38.5. The third kappa shape index (κ3) is 904. The maximum absolute atomic E-state index is 10.7. The van der Waals surface area contributed by atoms with Gasteiger partial charge < -0.3 is 128 Å². The van der Waals surface area contributed by atoms with E-state index < -0.39 is 0 Å². The van der Waals surface area contributed by atoms with Crippen LogP contribution in [0.15, 0.2) is 30.3 Å². The number of nitrogens with zero attached hydrogens (tertiary/aromatic N) is 1. The second kappa shape index (κ2) is 446. The van der Waals surface area contributed by atoms with E-state index in [2.05, 4.69) is 149 Å². The highest BCUT2D eigenvalue weighted by Crippen LogP contribution is 2.07. The van der Waals surface area contributed by atoms with Crippen LogP contribution in [0, 0.1) is 23.7 Å². The lowest BCUT2D eigenvalue weighted by Gasteiger charge is -2.24. The van der Waals surface area contributed by atoms with Crippen molar-refractivity contribution in [1.29, 1.82) is 0 Å². The van der Waals surface area contributed by atoms with Crippen molar-refractivity contribution in [3.05, 3.63) is 35.9 Å². The van der Waals surface area contributed by atoms with E-state index in [0.29, 0.717) is 0 Å². The van der Waals surface area contributed by atoms with Gasteiger partial charge in [0, 0.05) is 27.5 Å². The normalized spacial score (nSPS) is 6.66. The summed E-state index contributed by atoms with van der Waals surface area (Å²) in [5, 5.41) is 8.06. The number of nitrogens with two attached hydrogens (primary N) is 6. The van der Waals surface area contributed by atoms with Crippen molar-refractivity contribution in [2.24, 2.45) is 58.1 Å². The van der Waals surface area contributed by atoms with Gasteiger partial charge in [0.25, 0.3) is 0 Å². The van der Waals surface area contributed by atoms with Gasteiger partial charge in [-0.05, 0) is 111 Å². The standard InChI is InChI=1S/C8H10.C7H13NO.3C5H12.C4H10.C3H8O.3C2H6.6CH5N.11CH2O.5H3N.H2/c1-2-8-6-4-3-5-7-8;1-7(9)8-5-3-2-4-6-8;3*1-4-5(2)3;1-4(2)3;1-3(2)4;20*1-2;;;;;;/h3-7H,2H2,1H3;2-6H2,1H3;3*5H,4H2,1-3H3;4H,1-3H3;3-4H,1-2H3;3*1-2H3;6*2H2,1H3;11*1H2;5*1H3;1H. The number of rotatable bonds is 4. The lowest BCUT2D eigenvalue weighted by Crippen LogP contribution is -2.33. The number of likely N-dealkylation sites (tertiary alicyclic amines) is 1. The van der Waals surface area contributed by atoms with Crippen LogP contribution in [0.4, 0.5) is 0 Å². The maximum atomic E-state index is 10.7. The predicted molar refractivity (Wildman–Crippen MR) is 385 cm³/mol. The first kappa shape index (κ1) is 200. The molecule has 0 unspecified atom stereocenters. The van der Waals surface area contributed by atoms with Gasteiger partial charge in [-0.1, -0.05) is 181 Å². The summed E-state index contributed by atoms with van der Waals surface area (Å²) < 4.78 is 0. The summed E-state index contributed by atoms with van der Waals surface area (Å²) in [4.78, 5) is 101. The van der Waals surface area contributed by atoms with E-state index in [1.807, 2.05) is 127 Å². The Hall–Kier alpha value is -5.42. The fourth-order valence-corrected chi connectivity index (χ4v) is 1.92. The second-order valence-electron chi connectivity index (χ2n) is 12.6. The van der Waals surface area contributed by atoms with E-state index in [9.17, 15) is 4.79 Å². The molecular formula is C60H164N12O13. The molecule has 1 aliphatic rings. The van der Waals surface area contributed by atoms with Crippen LogP contribution in [-0.4, -0.2) is 152 Å². The van der Waals surface area contributed by atoms with Gasteiger partial charge in [0.1, 0.15) is 74.7 Å². The molecule has 542 valence electrons. The van der Waals surface area contributed by atoms with Crippen molar-refractivity contribution in [3.8, 4) is 0 Å². The average Bonchev–Trinajstić information content (AvgIpc) is 3.57. The van der Waals surface area contributed by atoms with E-state index in [1.54, 1.807) is 20.8 Å². The van der Waals surface area contributed by atoms with Crippen molar-refractivity contribution in [2.75, 3.05) is 55.4 Å². The molecule has 0 bridgehead atoms. The first-order valence-electron chi connectivity index (χ1n) is 26.1. The minimum Gasteiger partial charge on any atom is -0.394 e. The number of benzene rings is 1. The summed E-state index contributed by atoms with van der Waals surface area (Å²) in [7, 11) is 9.00. The molecule has 0 saturated carbocycles. The lowest BCUT2D eigenvalue weighted by atomic mass is 10.1. The molecule has 1 aliphatic heterocycles. The molecule has 0 aliphatic carbocycles. The molecule has 1 saturated heterocycles. The van der Waals surface area contributed by atoms with E-state index >= 15 is 0 Å². The predicted octanol–water partition coefficient (Wildman–Crippen LogP) is 11.0. The Morgan fingerprint density at radius 3 is 0.600 bits per heavy atom. The highest BCUT2D eigenvalue weighted by Gasteiger charge is 2.11. The molecule has 0 spiro atoms. The zero-order chi connectivity index (χ0) is 72.5. The van der Waals surface area contributed by atoms with E-state index in [4.69, 9.17) is 57.8 Å². The van der Waals surface area contributed by atoms with Crippen molar-refractivity contribution in [2.45, 2.75) is 203 Å². The first-order valence-corrected chi connectivity index (χ1v) is 26.1. The fourth-order valence-electron chi connectivity index (χ4n) is 1.92. The molecule has 0 aromatic heterocycles. The van der Waals surface area contributed by atoms with Gasteiger partial charge in [0.15, 0.2) is 0 Å². The molecular weight excluding hydrogens is 1100 g/mol. The fraction of sp³-hybridized carbons (Fsp3) is 0.700. The number of hydrogen-bond acceptors (Lipinski definition) is 24. The number of carbonyl (C=O) groups is 12. The zero-order valence-electron chi connectivity index (χ0n) is 61.7. The lowest BCUT2D eigenvalue weighted by molar-refractivity contribution is -0.129. The van der Waals surface area contributed by atoms with Crippen LogP contribution in [0.5, 0.6) is 0 Å². The number of carbonyl (C=O) groups excluding carboxylic acids is 12. The van der Waals surface area contributed by atoms with Crippen molar-refractivity contribution >= 4 is 80.6 Å². The Labute approximate surface area is 531 Å². The number of aryl methyl sites for hydroxylation is 1. The van der Waals surface area contributed by atoms with Crippen LogP contribution in [0.1, 0.15) is 198 Å². The van der Waals surface area contributed by atoms with Gasteiger partial charge in [-0.15, -0.1) is 0 Å². The van der Waals surface area contributed by atoms with Gasteiger partial charge in [0.05, 0.1) is 0 Å². The zero-order valence-corrected chi connectivity index (χ0v) is 61.7. The van der Waals surface area contributed by atoms with Crippen molar-refractivity contribution < 1.29 is 64.1 Å². The maximum Gasteiger partial charge on any atom is 0.219 e. The van der Waals surface area contributed by atoms with Gasteiger partial charge in [-0.2, -0.15) is 0 Å². The average molecular weight is 1260 g/mol. The Morgan fingerprint density at radius 2 is 0.529 bits per heavy atom. The van der Waals surface area contributed by atoms with Gasteiger partial charge >= 0.3 is 0 Å². The summed E-state index contributed by atoms with van der Waals surface area (Å²) in [5.74, 6) is 3.72. The van der Waals surface area contributed by atoms with Gasteiger partial charge in [-0.3, -0.25) is 4.79 Å². The van der Waals surface area contributed by atoms with Crippen LogP contribution in [0.2, 0.25) is 0 Å². The SMILES string of the molecule is C=O.C=O.C=O.C=O.C=O.C=O.C=O.C=O.C=O.C=O.C=O.CC.CC.CC.CC(=O)N1CCCCC1.CC(C)C.CC(C)O.CCC(C)C.CCC(C)C.CCC(C)C.CCc1ccccc1.CN.CN.CN.CN.CN.CN.N.N.N.N.N.[HH]. The number of hydrogen-bond donors (Lipinski definition) is 12. The quantitative estimate of drug-likeness (QED) is 0.133. The van der Waals surface area contributed by atoms with E-state index in [-0.39, 0.29) is 44.2 Å². The molecule has 1 aromatic carbocycles. The minimum absolute atomic E-state index is 0. The number of piperidine rings is 1. The third-order valence-electron chi connectivity index (χ3n) is 5.50. The number of amides is 1. The van der Waals surface area contributed by atoms with Crippen LogP contribution in [-0.2, 0) is 64.0 Å². The summed E-state index contributed by atoms with van der Waals surface area (Å²) in [6.45, 7) is 69.6. The molecule has 0 atom stereocenters. The second-order valence-corrected chi connectivity index (χ2v) is 12.6. The molecule has 28 N–H and O–H groups in total. The largest absolute Gasteiger partial charge is 0.394 e. The molecule has 0 radical (unpaired) electrons. The Bertz CT molecular complexity index is 739. The van der Waals surface area contributed by atoms with Crippen LogP contribution < -0.4 is 65.2 Å². The molecule has 25 nitrogen and oxygen atoms in total. The Kier molecular flexibility index (Phi) is 1050. The summed E-state index contributed by atoms with van der Waals surface area (Å²) >= 11 is 0. The molecule has 1 amide bonds. The topological polar surface area (TPSA) is 559 Å². The molecule has 2 rings (SSSR count). The number of aliphatic hydroxyl groups is 1. The van der Waals surface area contributed by atoms with E-state index in [1.165, 1.54) is 86.4 Å². The molecule has 25 heteroatoms. The summed E-state index contributed by atoms with van der Waals surface area (Å²) in [6.07, 6.45) is 8.57. The van der Waals surface area contributed by atoms with Crippen LogP contribution in [0.3, 0.4) is 0 Å². The van der Waals surface area contributed by atoms with Crippen LogP contribution >= 0.6 is 0 Å². The Balaban J connectivity index is -0.0000000129. The Morgan fingerprint density at radius 1 is 0.400 bits per heavy atom. The molecule has 85 heavy (non-hydrogen) atoms. The van der Waals surface area contributed by atoms with E-state index in [0.717, 1.165) is 43.2 Å². The van der Waals surface area contributed by atoms with Crippen LogP contribution in [0.25, 0.3) is 0 Å². The molecule has 1 heterocycles. The monoisotopic (exact) mass is 1260 g/mol. The van der Waals surface area contributed by atoms with Crippen molar-refractivity contribution in [1.82, 2.24) is 35.7 Å². The summed E-state index contributed by atoms with van der Waals surface area (Å²) in [5.41, 5.74) is 28.4. The minimum atomic E-state index is -0.167. The van der Waals surface area contributed by atoms with Crippen molar-refractivity contribution in [3.63, 3.8) is 0 Å². The van der Waals surface area contributed by atoms with Gasteiger partial charge in [-0.25, -0.2) is 0 Å². The number of aliphatic hydroxyl groups excluding tert-OH is 1. The smallest absolute Gasteiger partial charge is 0.219 e. The molecule has 1 aromatic rings. The molecule has 1 fully saturated rings. The highest BCUT2D eigenvalue weighted by atomic mass is 16.3. The van der Waals surface area contributed by atoms with Gasteiger partial charge in [0.2, 0.25) is 5.91 Å².